The van der Waals surface area contributed by atoms with Crippen molar-refractivity contribution in [3.63, 3.8) is 0 Å². The van der Waals surface area contributed by atoms with Crippen LogP contribution in [0.15, 0.2) is 72.3 Å². The van der Waals surface area contributed by atoms with Gasteiger partial charge >= 0.3 is 0 Å². The van der Waals surface area contributed by atoms with Crippen molar-refractivity contribution in [2.45, 2.75) is 19.9 Å². The molecule has 0 saturated heterocycles. The zero-order valence-corrected chi connectivity index (χ0v) is 16.4. The van der Waals surface area contributed by atoms with Crippen molar-refractivity contribution < 1.29 is 9.18 Å². The van der Waals surface area contributed by atoms with Gasteiger partial charge in [-0.25, -0.2) is 4.39 Å². The minimum Gasteiger partial charge on any atom is -0.343 e. The van der Waals surface area contributed by atoms with Crippen LogP contribution < -0.4 is 0 Å². The number of carbonyl (C=O) groups excluding carboxylic acids is 1. The molecule has 3 aromatic rings. The van der Waals surface area contributed by atoms with Crippen LogP contribution in [-0.2, 0) is 11.8 Å². The molecule has 0 spiro atoms. The molecule has 4 rings (SSSR count). The van der Waals surface area contributed by atoms with Crippen LogP contribution in [0.2, 0.25) is 0 Å². The second-order valence-corrected chi connectivity index (χ2v) is 7.30. The standard InChI is InChI=1S/C24H23FN2O/c1-5-14-27-22(15(2)16(3)24(27)28)21-19-8-6-7-9-20(19)26(4)23(21)17-10-12-18(25)13-11-17/h5-13,22H,1,14H2,2-4H3. The Bertz CT molecular complexity index is 1120. The maximum atomic E-state index is 13.6. The Morgan fingerprint density at radius 3 is 2.46 bits per heavy atom. The molecule has 0 saturated carbocycles. The average molecular weight is 374 g/mol. The van der Waals surface area contributed by atoms with Gasteiger partial charge in [-0.3, -0.25) is 4.79 Å². The fourth-order valence-electron chi connectivity index (χ4n) is 4.30. The lowest BCUT2D eigenvalue weighted by Crippen LogP contribution is -2.30. The van der Waals surface area contributed by atoms with E-state index in [4.69, 9.17) is 0 Å². The van der Waals surface area contributed by atoms with Gasteiger partial charge in [0, 0.05) is 35.6 Å². The Morgan fingerprint density at radius 2 is 1.79 bits per heavy atom. The van der Waals surface area contributed by atoms with E-state index in [1.807, 2.05) is 37.9 Å². The highest BCUT2D eigenvalue weighted by molar-refractivity contribution is 6.00. The van der Waals surface area contributed by atoms with Crippen molar-refractivity contribution >= 4 is 16.8 Å². The van der Waals surface area contributed by atoms with Crippen molar-refractivity contribution in [2.24, 2.45) is 7.05 Å². The number of halogens is 1. The molecule has 0 aliphatic carbocycles. The maximum Gasteiger partial charge on any atom is 0.250 e. The SMILES string of the molecule is C=CCN1C(=O)C(C)=C(C)C1c1c(-c2ccc(F)cc2)n(C)c2ccccc12. The van der Waals surface area contributed by atoms with Gasteiger partial charge in [0.2, 0.25) is 0 Å². The number of amides is 1. The fraction of sp³-hybridized carbons (Fsp3) is 0.208. The van der Waals surface area contributed by atoms with Crippen LogP contribution in [-0.4, -0.2) is 21.9 Å². The third kappa shape index (κ3) is 2.60. The number of hydrogen-bond donors (Lipinski definition) is 0. The molecule has 28 heavy (non-hydrogen) atoms. The Kier molecular flexibility index (Phi) is 4.42. The monoisotopic (exact) mass is 374 g/mol. The van der Waals surface area contributed by atoms with Gasteiger partial charge in [0.15, 0.2) is 0 Å². The van der Waals surface area contributed by atoms with Crippen LogP contribution in [0, 0.1) is 5.82 Å². The van der Waals surface area contributed by atoms with E-state index >= 15 is 0 Å². The number of aryl methyl sites for hydroxylation is 1. The molecule has 1 aromatic heterocycles. The first-order valence-electron chi connectivity index (χ1n) is 9.38. The molecule has 142 valence electrons. The van der Waals surface area contributed by atoms with Crippen molar-refractivity contribution in [3.8, 4) is 11.3 Å². The summed E-state index contributed by atoms with van der Waals surface area (Å²) in [5.74, 6) is -0.222. The van der Waals surface area contributed by atoms with Gasteiger partial charge in [0.1, 0.15) is 5.82 Å². The van der Waals surface area contributed by atoms with E-state index in [0.29, 0.717) is 6.54 Å². The summed E-state index contributed by atoms with van der Waals surface area (Å²) >= 11 is 0. The zero-order chi connectivity index (χ0) is 20.0. The van der Waals surface area contributed by atoms with E-state index in [2.05, 4.69) is 23.3 Å². The van der Waals surface area contributed by atoms with Gasteiger partial charge < -0.3 is 9.47 Å². The third-order valence-electron chi connectivity index (χ3n) is 5.76. The molecule has 0 radical (unpaired) electrons. The number of benzene rings is 2. The predicted molar refractivity (Wildman–Crippen MR) is 111 cm³/mol. The summed E-state index contributed by atoms with van der Waals surface area (Å²) in [7, 11) is 2.02. The van der Waals surface area contributed by atoms with Gasteiger partial charge in [-0.05, 0) is 55.3 Å². The maximum absolute atomic E-state index is 13.6. The highest BCUT2D eigenvalue weighted by atomic mass is 19.1. The van der Waals surface area contributed by atoms with E-state index in [0.717, 1.165) is 38.9 Å². The number of carbonyl (C=O) groups is 1. The average Bonchev–Trinajstić information content (AvgIpc) is 3.10. The molecule has 2 aromatic carbocycles. The normalized spacial score (nSPS) is 17.1. The Labute approximate surface area is 164 Å². The van der Waals surface area contributed by atoms with Gasteiger partial charge in [0.05, 0.1) is 11.7 Å². The first kappa shape index (κ1) is 18.2. The smallest absolute Gasteiger partial charge is 0.250 e. The first-order valence-corrected chi connectivity index (χ1v) is 9.38. The highest BCUT2D eigenvalue weighted by Gasteiger charge is 2.38. The summed E-state index contributed by atoms with van der Waals surface area (Å²) in [6, 6.07) is 14.6. The van der Waals surface area contributed by atoms with Gasteiger partial charge in [-0.2, -0.15) is 0 Å². The molecule has 1 unspecified atom stereocenters. The zero-order valence-electron chi connectivity index (χ0n) is 16.4. The molecule has 1 amide bonds. The molecular formula is C24H23FN2O. The van der Waals surface area contributed by atoms with E-state index in [1.54, 1.807) is 18.2 Å². The van der Waals surface area contributed by atoms with Gasteiger partial charge in [-0.1, -0.05) is 24.3 Å². The highest BCUT2D eigenvalue weighted by Crippen LogP contribution is 2.45. The van der Waals surface area contributed by atoms with E-state index in [-0.39, 0.29) is 17.8 Å². The van der Waals surface area contributed by atoms with E-state index in [1.165, 1.54) is 12.1 Å². The molecule has 1 aliphatic rings. The molecule has 1 atom stereocenters. The van der Waals surface area contributed by atoms with E-state index in [9.17, 15) is 9.18 Å². The molecule has 0 bridgehead atoms. The summed E-state index contributed by atoms with van der Waals surface area (Å²) < 4.78 is 15.7. The van der Waals surface area contributed by atoms with Crippen LogP contribution in [0.4, 0.5) is 4.39 Å². The summed E-state index contributed by atoms with van der Waals surface area (Å²) in [6.45, 7) is 8.22. The van der Waals surface area contributed by atoms with Crippen LogP contribution >= 0.6 is 0 Å². The Balaban J connectivity index is 2.06. The number of aromatic nitrogens is 1. The third-order valence-corrected chi connectivity index (χ3v) is 5.76. The minimum atomic E-state index is -0.264. The largest absolute Gasteiger partial charge is 0.343 e. The number of para-hydroxylation sites is 1. The number of fused-ring (bicyclic) bond motifs is 1. The predicted octanol–water partition coefficient (Wildman–Crippen LogP) is 5.39. The number of nitrogens with zero attached hydrogens (tertiary/aromatic N) is 2. The number of rotatable bonds is 4. The van der Waals surface area contributed by atoms with Crippen LogP contribution in [0.5, 0.6) is 0 Å². The van der Waals surface area contributed by atoms with Crippen LogP contribution in [0.3, 0.4) is 0 Å². The molecule has 4 heteroatoms. The molecule has 2 heterocycles. The van der Waals surface area contributed by atoms with Crippen molar-refractivity contribution in [2.75, 3.05) is 6.54 Å². The van der Waals surface area contributed by atoms with Gasteiger partial charge in [-0.15, -0.1) is 6.58 Å². The Hall–Kier alpha value is -3.14. The molecular weight excluding hydrogens is 351 g/mol. The Morgan fingerprint density at radius 1 is 1.11 bits per heavy atom. The molecule has 3 nitrogen and oxygen atoms in total. The lowest BCUT2D eigenvalue weighted by atomic mass is 9.93. The van der Waals surface area contributed by atoms with Gasteiger partial charge in [0.25, 0.3) is 5.91 Å². The number of hydrogen-bond acceptors (Lipinski definition) is 1. The molecule has 0 N–H and O–H groups in total. The lowest BCUT2D eigenvalue weighted by Gasteiger charge is -2.27. The molecule has 1 aliphatic heterocycles. The summed E-state index contributed by atoms with van der Waals surface area (Å²) in [6.07, 6.45) is 1.76. The van der Waals surface area contributed by atoms with Crippen molar-refractivity contribution in [1.82, 2.24) is 9.47 Å². The fourth-order valence-corrected chi connectivity index (χ4v) is 4.30. The van der Waals surface area contributed by atoms with E-state index < -0.39 is 0 Å². The molecule has 0 fully saturated rings. The second kappa shape index (κ2) is 6.79. The van der Waals surface area contributed by atoms with Crippen LogP contribution in [0.1, 0.15) is 25.5 Å². The van der Waals surface area contributed by atoms with Crippen molar-refractivity contribution in [1.29, 1.82) is 0 Å². The summed E-state index contributed by atoms with van der Waals surface area (Å²) in [5.41, 5.74) is 5.92. The van der Waals surface area contributed by atoms with Crippen LogP contribution in [0.25, 0.3) is 22.2 Å². The van der Waals surface area contributed by atoms with Crippen molar-refractivity contribution in [3.05, 3.63) is 83.7 Å². The lowest BCUT2D eigenvalue weighted by molar-refractivity contribution is -0.126. The summed E-state index contributed by atoms with van der Waals surface area (Å²) in [5, 5.41) is 1.10. The quantitative estimate of drug-likeness (QED) is 0.562. The second-order valence-electron chi connectivity index (χ2n) is 7.30. The topological polar surface area (TPSA) is 25.2 Å². The summed E-state index contributed by atoms with van der Waals surface area (Å²) in [4.78, 5) is 14.8. The minimum absolute atomic E-state index is 0.0420. The first-order chi connectivity index (χ1) is 13.5.